The summed E-state index contributed by atoms with van der Waals surface area (Å²) in [7, 11) is 0. The number of rotatable bonds is 2. The van der Waals surface area contributed by atoms with Crippen LogP contribution in [0, 0.1) is 5.92 Å². The van der Waals surface area contributed by atoms with Crippen LogP contribution in [-0.4, -0.2) is 64.3 Å². The van der Waals surface area contributed by atoms with Crippen LogP contribution in [0.1, 0.15) is 32.6 Å². The van der Waals surface area contributed by atoms with Gasteiger partial charge in [0.2, 0.25) is 5.91 Å². The topological polar surface area (TPSA) is 69.7 Å². The molecule has 1 spiro atoms. The van der Waals surface area contributed by atoms with Crippen LogP contribution in [0.2, 0.25) is 0 Å². The predicted molar refractivity (Wildman–Crippen MR) is 84.5 cm³/mol. The summed E-state index contributed by atoms with van der Waals surface area (Å²) in [6.07, 6.45) is 3.45. The van der Waals surface area contributed by atoms with Crippen LogP contribution in [0.25, 0.3) is 0 Å². The van der Waals surface area contributed by atoms with Crippen LogP contribution >= 0.6 is 11.8 Å². The molecule has 122 valence electrons. The Morgan fingerprint density at radius 3 is 2.77 bits per heavy atom. The number of hydrogen-bond donors (Lipinski definition) is 1. The van der Waals surface area contributed by atoms with Gasteiger partial charge in [-0.3, -0.25) is 14.5 Å². The van der Waals surface area contributed by atoms with Gasteiger partial charge in [-0.05, 0) is 43.1 Å². The standard InChI is InChI=1S/C15H23N3O3S/c1-11-3-2-6-17(9-11)12(19)10-18-13(20)15(16-14(18)21)4-7-22-8-5-15/h11H,2-10H2,1H3,(H,16,21)/t11-/m1/s1. The molecule has 0 aromatic carbocycles. The van der Waals surface area contributed by atoms with Gasteiger partial charge in [-0.1, -0.05) is 6.92 Å². The quantitative estimate of drug-likeness (QED) is 0.771. The van der Waals surface area contributed by atoms with E-state index in [9.17, 15) is 14.4 Å². The Balaban J connectivity index is 1.65. The summed E-state index contributed by atoms with van der Waals surface area (Å²) < 4.78 is 0. The van der Waals surface area contributed by atoms with Gasteiger partial charge in [-0.2, -0.15) is 11.8 Å². The number of thioether (sulfide) groups is 1. The number of amides is 4. The minimum atomic E-state index is -0.752. The lowest BCUT2D eigenvalue weighted by Crippen LogP contribution is -2.50. The van der Waals surface area contributed by atoms with Crippen LogP contribution < -0.4 is 5.32 Å². The fourth-order valence-electron chi connectivity index (χ4n) is 3.53. The smallest absolute Gasteiger partial charge is 0.325 e. The highest BCUT2D eigenvalue weighted by molar-refractivity contribution is 7.99. The number of likely N-dealkylation sites (tertiary alicyclic amines) is 1. The predicted octanol–water partition coefficient (Wildman–Crippen LogP) is 1.06. The zero-order chi connectivity index (χ0) is 15.7. The maximum absolute atomic E-state index is 12.6. The van der Waals surface area contributed by atoms with Crippen molar-refractivity contribution in [2.45, 2.75) is 38.1 Å². The molecule has 3 aliphatic heterocycles. The molecule has 0 aromatic heterocycles. The van der Waals surface area contributed by atoms with Gasteiger partial charge < -0.3 is 10.2 Å². The number of hydrogen-bond acceptors (Lipinski definition) is 4. The first-order valence-electron chi connectivity index (χ1n) is 8.01. The highest BCUT2D eigenvalue weighted by atomic mass is 32.2. The Labute approximate surface area is 135 Å². The van der Waals surface area contributed by atoms with Gasteiger partial charge in [0.1, 0.15) is 12.1 Å². The zero-order valence-electron chi connectivity index (χ0n) is 13.0. The molecule has 1 atom stereocenters. The molecule has 0 bridgehead atoms. The van der Waals surface area contributed by atoms with Crippen molar-refractivity contribution >= 4 is 29.6 Å². The lowest BCUT2D eigenvalue weighted by molar-refractivity contribution is -0.140. The third-order valence-electron chi connectivity index (χ3n) is 4.90. The Hall–Kier alpha value is -1.24. The molecule has 3 fully saturated rings. The van der Waals surface area contributed by atoms with Gasteiger partial charge in [0.15, 0.2) is 0 Å². The molecule has 0 aromatic rings. The first-order valence-corrected chi connectivity index (χ1v) is 9.17. The lowest BCUT2D eigenvalue weighted by atomic mass is 9.92. The van der Waals surface area contributed by atoms with Crippen LogP contribution in [0.5, 0.6) is 0 Å². The third-order valence-corrected chi connectivity index (χ3v) is 5.88. The molecule has 6 nitrogen and oxygen atoms in total. The van der Waals surface area contributed by atoms with Gasteiger partial charge in [0.05, 0.1) is 0 Å². The van der Waals surface area contributed by atoms with Crippen molar-refractivity contribution in [1.82, 2.24) is 15.1 Å². The van der Waals surface area contributed by atoms with Crippen molar-refractivity contribution in [2.75, 3.05) is 31.1 Å². The van der Waals surface area contributed by atoms with Crippen LogP contribution in [0.4, 0.5) is 4.79 Å². The Morgan fingerprint density at radius 1 is 1.36 bits per heavy atom. The molecule has 0 saturated carbocycles. The van der Waals surface area contributed by atoms with E-state index in [2.05, 4.69) is 12.2 Å². The number of piperidine rings is 1. The molecule has 1 N–H and O–H groups in total. The van der Waals surface area contributed by atoms with Crippen LogP contribution in [0.15, 0.2) is 0 Å². The highest BCUT2D eigenvalue weighted by Gasteiger charge is 2.52. The minimum absolute atomic E-state index is 0.114. The van der Waals surface area contributed by atoms with Gasteiger partial charge in [0, 0.05) is 13.1 Å². The summed E-state index contributed by atoms with van der Waals surface area (Å²) in [6, 6.07) is -0.407. The molecular formula is C15H23N3O3S. The molecule has 22 heavy (non-hydrogen) atoms. The maximum atomic E-state index is 12.6. The van der Waals surface area contributed by atoms with E-state index in [0.29, 0.717) is 18.8 Å². The second-order valence-corrected chi connectivity index (χ2v) is 7.83. The Kier molecular flexibility index (Phi) is 4.34. The summed E-state index contributed by atoms with van der Waals surface area (Å²) in [6.45, 7) is 3.47. The fraction of sp³-hybridized carbons (Fsp3) is 0.800. The number of imide groups is 1. The van der Waals surface area contributed by atoms with Crippen molar-refractivity contribution in [2.24, 2.45) is 5.92 Å². The lowest BCUT2D eigenvalue weighted by Gasteiger charge is -2.32. The highest BCUT2D eigenvalue weighted by Crippen LogP contribution is 2.32. The molecule has 4 amide bonds. The largest absolute Gasteiger partial charge is 0.341 e. The summed E-state index contributed by atoms with van der Waals surface area (Å²) in [5.41, 5.74) is -0.752. The summed E-state index contributed by atoms with van der Waals surface area (Å²) in [4.78, 5) is 40.1. The summed E-state index contributed by atoms with van der Waals surface area (Å²) in [5, 5.41) is 2.84. The van der Waals surface area contributed by atoms with E-state index in [1.807, 2.05) is 0 Å². The third kappa shape index (κ3) is 2.83. The SMILES string of the molecule is C[C@@H]1CCCN(C(=O)CN2C(=O)NC3(CCSCC3)C2=O)C1. The number of nitrogens with zero attached hydrogens (tertiary/aromatic N) is 2. The molecule has 0 radical (unpaired) electrons. The number of carbonyl (C=O) groups excluding carboxylic acids is 3. The van der Waals surface area contributed by atoms with Crippen molar-refractivity contribution in [1.29, 1.82) is 0 Å². The van der Waals surface area contributed by atoms with Gasteiger partial charge in [-0.15, -0.1) is 0 Å². The van der Waals surface area contributed by atoms with Gasteiger partial charge >= 0.3 is 6.03 Å². The van der Waals surface area contributed by atoms with E-state index in [1.54, 1.807) is 16.7 Å². The average molecular weight is 325 g/mol. The van der Waals surface area contributed by atoms with Crippen LogP contribution in [-0.2, 0) is 9.59 Å². The van der Waals surface area contributed by atoms with E-state index in [-0.39, 0.29) is 18.4 Å². The molecule has 3 rings (SSSR count). The average Bonchev–Trinajstić information content (AvgIpc) is 2.72. The van der Waals surface area contributed by atoms with Crippen molar-refractivity contribution < 1.29 is 14.4 Å². The molecule has 0 aliphatic carbocycles. The second kappa shape index (κ2) is 6.10. The summed E-state index contributed by atoms with van der Waals surface area (Å²) in [5.74, 6) is 1.91. The molecule has 0 unspecified atom stereocenters. The molecule has 3 aliphatic rings. The van der Waals surface area contributed by atoms with Crippen molar-refractivity contribution in [3.8, 4) is 0 Å². The Bertz CT molecular complexity index is 490. The van der Waals surface area contributed by atoms with Gasteiger partial charge in [-0.25, -0.2) is 4.79 Å². The monoisotopic (exact) mass is 325 g/mol. The van der Waals surface area contributed by atoms with Crippen LogP contribution in [0.3, 0.4) is 0 Å². The number of carbonyl (C=O) groups is 3. The summed E-state index contributed by atoms with van der Waals surface area (Å²) >= 11 is 1.80. The Morgan fingerprint density at radius 2 is 2.09 bits per heavy atom. The van der Waals surface area contributed by atoms with E-state index in [4.69, 9.17) is 0 Å². The normalized spacial score (nSPS) is 28.1. The molecule has 3 saturated heterocycles. The molecular weight excluding hydrogens is 302 g/mol. The van der Waals surface area contributed by atoms with Crippen molar-refractivity contribution in [3.05, 3.63) is 0 Å². The number of urea groups is 1. The van der Waals surface area contributed by atoms with Crippen molar-refractivity contribution in [3.63, 3.8) is 0 Å². The second-order valence-electron chi connectivity index (χ2n) is 6.60. The fourth-order valence-corrected chi connectivity index (χ4v) is 4.72. The molecule has 3 heterocycles. The van der Waals surface area contributed by atoms with E-state index in [1.165, 1.54) is 0 Å². The van der Waals surface area contributed by atoms with E-state index < -0.39 is 11.6 Å². The van der Waals surface area contributed by atoms with E-state index >= 15 is 0 Å². The van der Waals surface area contributed by atoms with Gasteiger partial charge in [0.25, 0.3) is 5.91 Å². The first kappa shape index (κ1) is 15.6. The first-order chi connectivity index (χ1) is 10.5. The minimum Gasteiger partial charge on any atom is -0.341 e. The number of nitrogens with one attached hydrogen (secondary N) is 1. The molecule has 7 heteroatoms. The van der Waals surface area contributed by atoms with E-state index in [0.717, 1.165) is 42.3 Å². The maximum Gasteiger partial charge on any atom is 0.325 e. The zero-order valence-corrected chi connectivity index (χ0v) is 13.8.